The minimum atomic E-state index is -0.481. The molecule has 2 heterocycles. The number of fused-ring (bicyclic) bond motifs is 1. The molecule has 2 aliphatic rings. The molecule has 3 rings (SSSR count). The molecule has 1 aliphatic heterocycles. The van der Waals surface area contributed by atoms with Gasteiger partial charge in [0, 0.05) is 0 Å². The van der Waals surface area contributed by atoms with Crippen molar-refractivity contribution in [2.45, 2.75) is 31.2 Å². The van der Waals surface area contributed by atoms with Crippen molar-refractivity contribution in [2.75, 3.05) is 10.6 Å². The summed E-state index contributed by atoms with van der Waals surface area (Å²) >= 11 is 5.73. The van der Waals surface area contributed by atoms with Crippen LogP contribution >= 0.6 is 11.6 Å². The first-order valence-electron chi connectivity index (χ1n) is 5.32. The highest BCUT2D eigenvalue weighted by Crippen LogP contribution is 2.39. The van der Waals surface area contributed by atoms with Gasteiger partial charge in [-0.15, -0.1) is 0 Å². The van der Waals surface area contributed by atoms with Crippen molar-refractivity contribution < 1.29 is 4.79 Å². The second-order valence-electron chi connectivity index (χ2n) is 4.27. The molecule has 0 bridgehead atoms. The normalized spacial score (nSPS) is 21.4. The third kappa shape index (κ3) is 1.35. The summed E-state index contributed by atoms with van der Waals surface area (Å²) in [6, 6.07) is 0. The molecule has 1 saturated carbocycles. The minimum Gasteiger partial charge on any atom is -0.354 e. The SMILES string of the molecule is O=C1Nc2cnc(Cl)nc2NC12CCCC2. The molecule has 1 spiro atoms. The van der Waals surface area contributed by atoms with Gasteiger partial charge in [-0.3, -0.25) is 4.79 Å². The predicted molar refractivity (Wildman–Crippen MR) is 60.5 cm³/mol. The monoisotopic (exact) mass is 238 g/mol. The molecular weight excluding hydrogens is 228 g/mol. The highest BCUT2D eigenvalue weighted by molar-refractivity contribution is 6.28. The van der Waals surface area contributed by atoms with E-state index in [1.165, 1.54) is 6.20 Å². The minimum absolute atomic E-state index is 0.0171. The Morgan fingerprint density at radius 2 is 2.12 bits per heavy atom. The first kappa shape index (κ1) is 9.84. The lowest BCUT2D eigenvalue weighted by Gasteiger charge is -2.34. The molecule has 1 amide bonds. The second-order valence-corrected chi connectivity index (χ2v) is 4.61. The van der Waals surface area contributed by atoms with Crippen molar-refractivity contribution in [3.63, 3.8) is 0 Å². The summed E-state index contributed by atoms with van der Waals surface area (Å²) in [6.07, 6.45) is 5.35. The summed E-state index contributed by atoms with van der Waals surface area (Å²) in [5, 5.41) is 6.24. The van der Waals surface area contributed by atoms with Crippen LogP contribution in [0.2, 0.25) is 5.28 Å². The molecule has 84 valence electrons. The van der Waals surface area contributed by atoms with Gasteiger partial charge in [0.05, 0.1) is 6.20 Å². The molecule has 0 saturated heterocycles. The molecule has 1 aromatic heterocycles. The van der Waals surface area contributed by atoms with E-state index in [-0.39, 0.29) is 11.2 Å². The van der Waals surface area contributed by atoms with Gasteiger partial charge in [0.15, 0.2) is 5.82 Å². The summed E-state index contributed by atoms with van der Waals surface area (Å²) in [6.45, 7) is 0. The number of anilines is 2. The first-order valence-corrected chi connectivity index (χ1v) is 5.70. The fraction of sp³-hybridized carbons (Fsp3) is 0.500. The van der Waals surface area contributed by atoms with E-state index in [0.29, 0.717) is 11.5 Å². The molecular formula is C10H11ClN4O. The maximum Gasteiger partial charge on any atom is 0.250 e. The average molecular weight is 239 g/mol. The van der Waals surface area contributed by atoms with E-state index < -0.39 is 5.54 Å². The van der Waals surface area contributed by atoms with Crippen LogP contribution in [-0.4, -0.2) is 21.4 Å². The largest absolute Gasteiger partial charge is 0.354 e. The highest BCUT2D eigenvalue weighted by atomic mass is 35.5. The maximum atomic E-state index is 12.0. The van der Waals surface area contributed by atoms with Crippen LogP contribution in [0.3, 0.4) is 0 Å². The van der Waals surface area contributed by atoms with E-state index in [1.807, 2.05) is 0 Å². The van der Waals surface area contributed by atoms with Gasteiger partial charge in [0.25, 0.3) is 0 Å². The Balaban J connectivity index is 2.02. The molecule has 1 aromatic rings. The summed E-state index contributed by atoms with van der Waals surface area (Å²) in [7, 11) is 0. The predicted octanol–water partition coefficient (Wildman–Crippen LogP) is 1.81. The molecule has 0 aromatic carbocycles. The Hall–Kier alpha value is -1.36. The molecule has 1 fully saturated rings. The van der Waals surface area contributed by atoms with E-state index in [4.69, 9.17) is 11.6 Å². The number of halogens is 1. The Kier molecular flexibility index (Phi) is 2.04. The number of aromatic nitrogens is 2. The number of carbonyl (C=O) groups is 1. The third-order valence-electron chi connectivity index (χ3n) is 3.26. The Labute approximate surface area is 97.6 Å². The first-order chi connectivity index (χ1) is 7.70. The topological polar surface area (TPSA) is 66.9 Å². The maximum absolute atomic E-state index is 12.0. The Morgan fingerprint density at radius 3 is 2.88 bits per heavy atom. The summed E-state index contributed by atoms with van der Waals surface area (Å²) < 4.78 is 0. The van der Waals surface area contributed by atoms with Crippen LogP contribution in [0, 0.1) is 0 Å². The summed E-state index contributed by atoms with van der Waals surface area (Å²) in [5.41, 5.74) is 0.122. The second kappa shape index (κ2) is 3.31. The smallest absolute Gasteiger partial charge is 0.250 e. The highest BCUT2D eigenvalue weighted by Gasteiger charge is 2.44. The van der Waals surface area contributed by atoms with Crippen molar-refractivity contribution >= 4 is 29.0 Å². The quantitative estimate of drug-likeness (QED) is 0.677. The molecule has 0 radical (unpaired) electrons. The number of amides is 1. The summed E-state index contributed by atoms with van der Waals surface area (Å²) in [4.78, 5) is 19.9. The van der Waals surface area contributed by atoms with Crippen LogP contribution in [0.1, 0.15) is 25.7 Å². The van der Waals surface area contributed by atoms with Crippen molar-refractivity contribution in [3.8, 4) is 0 Å². The fourth-order valence-electron chi connectivity index (χ4n) is 2.40. The van der Waals surface area contributed by atoms with Crippen LogP contribution in [0.25, 0.3) is 0 Å². The Bertz CT molecular complexity index is 456. The van der Waals surface area contributed by atoms with Gasteiger partial charge in [0.2, 0.25) is 11.2 Å². The van der Waals surface area contributed by atoms with Crippen molar-refractivity contribution in [2.24, 2.45) is 0 Å². The van der Waals surface area contributed by atoms with E-state index in [9.17, 15) is 4.79 Å². The van der Waals surface area contributed by atoms with Crippen molar-refractivity contribution in [3.05, 3.63) is 11.5 Å². The zero-order valence-corrected chi connectivity index (χ0v) is 9.34. The fourth-order valence-corrected chi connectivity index (χ4v) is 2.54. The van der Waals surface area contributed by atoms with E-state index in [1.54, 1.807) is 0 Å². The van der Waals surface area contributed by atoms with Gasteiger partial charge >= 0.3 is 0 Å². The van der Waals surface area contributed by atoms with Crippen LogP contribution < -0.4 is 10.6 Å². The number of hydrogen-bond donors (Lipinski definition) is 2. The van der Waals surface area contributed by atoms with E-state index in [2.05, 4.69) is 20.6 Å². The number of rotatable bonds is 0. The average Bonchev–Trinajstić information content (AvgIpc) is 2.70. The zero-order chi connectivity index (χ0) is 11.2. The van der Waals surface area contributed by atoms with Crippen LogP contribution in [0.4, 0.5) is 11.5 Å². The molecule has 0 atom stereocenters. The molecule has 0 unspecified atom stereocenters. The molecule has 5 nitrogen and oxygen atoms in total. The van der Waals surface area contributed by atoms with Crippen LogP contribution in [0.15, 0.2) is 6.20 Å². The van der Waals surface area contributed by atoms with Gasteiger partial charge in [-0.05, 0) is 24.4 Å². The van der Waals surface area contributed by atoms with Gasteiger partial charge in [0.1, 0.15) is 11.2 Å². The van der Waals surface area contributed by atoms with Gasteiger partial charge < -0.3 is 10.6 Å². The van der Waals surface area contributed by atoms with Gasteiger partial charge in [-0.2, -0.15) is 4.98 Å². The molecule has 16 heavy (non-hydrogen) atoms. The van der Waals surface area contributed by atoms with Crippen LogP contribution in [-0.2, 0) is 4.79 Å². The Morgan fingerprint density at radius 1 is 1.38 bits per heavy atom. The third-order valence-corrected chi connectivity index (χ3v) is 3.44. The standard InChI is InChI=1S/C10H11ClN4O/c11-9-12-5-6-7(14-9)15-10(8(16)13-6)3-1-2-4-10/h5H,1-4H2,(H,13,16)(H,12,14,15). The lowest BCUT2D eigenvalue weighted by molar-refractivity contribution is -0.120. The molecule has 1 aliphatic carbocycles. The zero-order valence-electron chi connectivity index (χ0n) is 8.59. The lowest BCUT2D eigenvalue weighted by atomic mass is 9.94. The van der Waals surface area contributed by atoms with Gasteiger partial charge in [-0.1, -0.05) is 12.8 Å². The molecule has 6 heteroatoms. The number of nitrogens with zero attached hydrogens (tertiary/aromatic N) is 2. The lowest BCUT2D eigenvalue weighted by Crippen LogP contribution is -2.50. The summed E-state index contributed by atoms with van der Waals surface area (Å²) in [5.74, 6) is 0.643. The number of hydrogen-bond acceptors (Lipinski definition) is 4. The van der Waals surface area contributed by atoms with Crippen LogP contribution in [0.5, 0.6) is 0 Å². The van der Waals surface area contributed by atoms with E-state index in [0.717, 1.165) is 25.7 Å². The number of nitrogens with one attached hydrogen (secondary N) is 2. The van der Waals surface area contributed by atoms with Gasteiger partial charge in [-0.25, -0.2) is 4.98 Å². The van der Waals surface area contributed by atoms with Crippen molar-refractivity contribution in [1.29, 1.82) is 0 Å². The van der Waals surface area contributed by atoms with E-state index >= 15 is 0 Å². The van der Waals surface area contributed by atoms with Crippen molar-refractivity contribution in [1.82, 2.24) is 9.97 Å². The number of carbonyl (C=O) groups excluding carboxylic acids is 1. The molecule has 2 N–H and O–H groups in total.